The number of carboxylic acids is 1. The third kappa shape index (κ3) is 1.46. The van der Waals surface area contributed by atoms with Gasteiger partial charge in [0.2, 0.25) is 0 Å². The molecule has 1 atom stereocenters. The van der Waals surface area contributed by atoms with Gasteiger partial charge in [-0.1, -0.05) is 6.42 Å². The molecule has 70 valence electrons. The third-order valence-electron chi connectivity index (χ3n) is 2.66. The number of rotatable bonds is 1. The summed E-state index contributed by atoms with van der Waals surface area (Å²) in [6.45, 7) is 0.964. The molecule has 1 aromatic rings. The quantitative estimate of drug-likeness (QED) is 0.714. The highest BCUT2D eigenvalue weighted by atomic mass is 16.4. The Morgan fingerprint density at radius 1 is 1.54 bits per heavy atom. The number of carboxylic acid groups (broad SMARTS) is 1. The molecule has 0 saturated carbocycles. The maximum absolute atomic E-state index is 11.0. The van der Waals surface area contributed by atoms with Gasteiger partial charge in [-0.15, -0.1) is 0 Å². The van der Waals surface area contributed by atoms with Gasteiger partial charge < -0.3 is 9.67 Å². The van der Waals surface area contributed by atoms with Crippen molar-refractivity contribution < 1.29 is 9.90 Å². The zero-order valence-corrected chi connectivity index (χ0v) is 7.44. The Bertz CT molecular complexity index is 316. The first kappa shape index (κ1) is 8.35. The van der Waals surface area contributed by atoms with Gasteiger partial charge in [-0.2, -0.15) is 0 Å². The van der Waals surface area contributed by atoms with Crippen LogP contribution in [0.25, 0.3) is 0 Å². The van der Waals surface area contributed by atoms with Crippen LogP contribution in [0.1, 0.15) is 30.9 Å². The summed E-state index contributed by atoms with van der Waals surface area (Å²) in [5, 5.41) is 9.02. The molecule has 0 aromatic carbocycles. The van der Waals surface area contributed by atoms with E-state index in [1.807, 2.05) is 18.3 Å². The third-order valence-corrected chi connectivity index (χ3v) is 2.66. The highest BCUT2D eigenvalue weighted by molar-refractivity contribution is 5.75. The Kier molecular flexibility index (Phi) is 2.08. The summed E-state index contributed by atoms with van der Waals surface area (Å²) in [4.78, 5) is 11.0. The Morgan fingerprint density at radius 3 is 3.15 bits per heavy atom. The number of hydrogen-bond donors (Lipinski definition) is 1. The van der Waals surface area contributed by atoms with Crippen LogP contribution in [0, 0.1) is 0 Å². The van der Waals surface area contributed by atoms with Crippen molar-refractivity contribution in [3.63, 3.8) is 0 Å². The van der Waals surface area contributed by atoms with Crippen LogP contribution in [0.2, 0.25) is 0 Å². The molecule has 2 rings (SSSR count). The number of aromatic nitrogens is 1. The molecule has 2 heterocycles. The summed E-state index contributed by atoms with van der Waals surface area (Å²) >= 11 is 0. The minimum absolute atomic E-state index is 0.294. The zero-order valence-electron chi connectivity index (χ0n) is 7.44. The van der Waals surface area contributed by atoms with Crippen molar-refractivity contribution in [2.75, 3.05) is 0 Å². The molecule has 3 nitrogen and oxygen atoms in total. The van der Waals surface area contributed by atoms with Crippen LogP contribution in [-0.2, 0) is 11.3 Å². The van der Waals surface area contributed by atoms with Crippen LogP contribution in [0.5, 0.6) is 0 Å². The normalized spacial score (nSPS) is 22.0. The molecule has 13 heavy (non-hydrogen) atoms. The number of aliphatic carboxylic acids is 1. The van der Waals surface area contributed by atoms with E-state index < -0.39 is 5.97 Å². The molecule has 0 saturated heterocycles. The van der Waals surface area contributed by atoms with E-state index in [0.29, 0.717) is 0 Å². The second kappa shape index (κ2) is 3.24. The van der Waals surface area contributed by atoms with Crippen molar-refractivity contribution in [3.8, 4) is 0 Å². The second-order valence-electron chi connectivity index (χ2n) is 3.51. The molecule has 0 spiro atoms. The molecule has 1 aliphatic rings. The Labute approximate surface area is 77.0 Å². The molecule has 3 heteroatoms. The number of aryl methyl sites for hydroxylation is 1. The van der Waals surface area contributed by atoms with E-state index in [1.165, 1.54) is 0 Å². The van der Waals surface area contributed by atoms with Crippen LogP contribution in [0.15, 0.2) is 18.3 Å². The van der Waals surface area contributed by atoms with E-state index in [4.69, 9.17) is 5.11 Å². The van der Waals surface area contributed by atoms with Gasteiger partial charge in [-0.25, -0.2) is 0 Å². The first-order valence-electron chi connectivity index (χ1n) is 4.67. The predicted molar refractivity (Wildman–Crippen MR) is 48.7 cm³/mol. The van der Waals surface area contributed by atoms with E-state index >= 15 is 0 Å². The van der Waals surface area contributed by atoms with Crippen molar-refractivity contribution in [1.82, 2.24) is 4.57 Å². The lowest BCUT2D eigenvalue weighted by atomic mass is 10.0. The molecular formula is C10H13NO2. The molecule has 1 N–H and O–H groups in total. The molecule has 1 aliphatic heterocycles. The summed E-state index contributed by atoms with van der Waals surface area (Å²) in [5.74, 6) is -0.987. The first-order chi connectivity index (χ1) is 6.29. The minimum atomic E-state index is -0.693. The topological polar surface area (TPSA) is 42.2 Å². The van der Waals surface area contributed by atoms with Crippen molar-refractivity contribution in [2.24, 2.45) is 0 Å². The molecule has 0 radical (unpaired) electrons. The fourth-order valence-corrected chi connectivity index (χ4v) is 1.98. The summed E-state index contributed by atoms with van der Waals surface area (Å²) in [6, 6.07) is 3.85. The van der Waals surface area contributed by atoms with Crippen LogP contribution in [0.4, 0.5) is 0 Å². The van der Waals surface area contributed by atoms with Crippen molar-refractivity contribution in [1.29, 1.82) is 0 Å². The van der Waals surface area contributed by atoms with E-state index in [9.17, 15) is 4.79 Å². The smallest absolute Gasteiger partial charge is 0.312 e. The molecule has 1 unspecified atom stereocenters. The number of fused-ring (bicyclic) bond motifs is 1. The van der Waals surface area contributed by atoms with Crippen LogP contribution in [0.3, 0.4) is 0 Å². The standard InChI is InChI=1S/C10H13NO2/c12-10(13)8-4-1-2-6-11-7-3-5-9(8)11/h3,5,7-8H,1-2,4,6H2,(H,12,13). The average molecular weight is 179 g/mol. The van der Waals surface area contributed by atoms with Gasteiger partial charge in [0.25, 0.3) is 0 Å². The van der Waals surface area contributed by atoms with Gasteiger partial charge in [-0.3, -0.25) is 4.79 Å². The van der Waals surface area contributed by atoms with E-state index in [0.717, 1.165) is 31.5 Å². The zero-order chi connectivity index (χ0) is 9.26. The van der Waals surface area contributed by atoms with Crippen LogP contribution < -0.4 is 0 Å². The van der Waals surface area contributed by atoms with Gasteiger partial charge in [0, 0.05) is 18.4 Å². The van der Waals surface area contributed by atoms with E-state index in [1.54, 1.807) is 0 Å². The van der Waals surface area contributed by atoms with Gasteiger partial charge in [0.1, 0.15) is 0 Å². The molecule has 0 amide bonds. The monoisotopic (exact) mass is 179 g/mol. The van der Waals surface area contributed by atoms with Gasteiger partial charge >= 0.3 is 5.97 Å². The van der Waals surface area contributed by atoms with E-state index in [-0.39, 0.29) is 5.92 Å². The average Bonchev–Trinajstić information content (AvgIpc) is 2.44. The van der Waals surface area contributed by atoms with Crippen molar-refractivity contribution >= 4 is 5.97 Å². The lowest BCUT2D eigenvalue weighted by molar-refractivity contribution is -0.139. The fraction of sp³-hybridized carbons (Fsp3) is 0.500. The second-order valence-corrected chi connectivity index (χ2v) is 3.51. The number of carbonyl (C=O) groups is 1. The summed E-state index contributed by atoms with van der Waals surface area (Å²) < 4.78 is 2.06. The molecule has 0 aliphatic carbocycles. The SMILES string of the molecule is O=C(O)C1CCCCn2cccc21. The maximum atomic E-state index is 11.0. The first-order valence-corrected chi connectivity index (χ1v) is 4.67. The lowest BCUT2D eigenvalue weighted by Gasteiger charge is -2.10. The highest BCUT2D eigenvalue weighted by Gasteiger charge is 2.24. The minimum Gasteiger partial charge on any atom is -0.481 e. The van der Waals surface area contributed by atoms with E-state index in [2.05, 4.69) is 4.57 Å². The van der Waals surface area contributed by atoms with Gasteiger partial charge in [-0.05, 0) is 25.0 Å². The predicted octanol–water partition coefficient (Wildman–Crippen LogP) is 1.84. The summed E-state index contributed by atoms with van der Waals surface area (Å²) in [5.41, 5.74) is 0.963. The molecular weight excluding hydrogens is 166 g/mol. The number of hydrogen-bond acceptors (Lipinski definition) is 1. The fourth-order valence-electron chi connectivity index (χ4n) is 1.98. The van der Waals surface area contributed by atoms with Gasteiger partial charge in [0.05, 0.1) is 5.92 Å². The largest absolute Gasteiger partial charge is 0.481 e. The van der Waals surface area contributed by atoms with Crippen LogP contribution in [-0.4, -0.2) is 15.6 Å². The number of nitrogens with zero attached hydrogens (tertiary/aromatic N) is 1. The lowest BCUT2D eigenvalue weighted by Crippen LogP contribution is -2.13. The van der Waals surface area contributed by atoms with Crippen molar-refractivity contribution in [3.05, 3.63) is 24.0 Å². The highest BCUT2D eigenvalue weighted by Crippen LogP contribution is 2.26. The Hall–Kier alpha value is -1.25. The summed E-state index contributed by atoms with van der Waals surface area (Å²) in [6.07, 6.45) is 4.85. The Balaban J connectivity index is 2.36. The van der Waals surface area contributed by atoms with Gasteiger partial charge in [0.15, 0.2) is 0 Å². The molecule has 0 bridgehead atoms. The molecule has 1 aromatic heterocycles. The maximum Gasteiger partial charge on any atom is 0.312 e. The Morgan fingerprint density at radius 2 is 2.38 bits per heavy atom. The summed E-state index contributed by atoms with van der Waals surface area (Å²) in [7, 11) is 0. The molecule has 0 fully saturated rings. The van der Waals surface area contributed by atoms with Crippen LogP contribution >= 0.6 is 0 Å². The van der Waals surface area contributed by atoms with Crippen molar-refractivity contribution in [2.45, 2.75) is 31.7 Å².